The fraction of sp³-hybridized carbons (Fsp3) is 0. The van der Waals surface area contributed by atoms with E-state index in [1.54, 1.807) is 23.6 Å². The first-order valence-electron chi connectivity index (χ1n) is 5.31. The predicted molar refractivity (Wildman–Crippen MR) is 82.5 cm³/mol. The minimum atomic E-state index is -3.63. The summed E-state index contributed by atoms with van der Waals surface area (Å²) in [5.74, 6) is 0. The summed E-state index contributed by atoms with van der Waals surface area (Å²) in [6.45, 7) is 0. The Balaban J connectivity index is 2.18. The first-order chi connectivity index (χ1) is 9.38. The Labute approximate surface area is 128 Å². The topological polar surface area (TPSA) is 101 Å². The molecular formula is C11H10BrN3O3S2. The molecule has 0 atom stereocenters. The normalized spacial score (nSPS) is 11.1. The zero-order valence-electron chi connectivity index (χ0n) is 9.96. The van der Waals surface area contributed by atoms with E-state index in [1.165, 1.54) is 12.1 Å². The van der Waals surface area contributed by atoms with Crippen molar-refractivity contribution in [2.75, 3.05) is 10.0 Å². The number of benzene rings is 1. The van der Waals surface area contributed by atoms with Gasteiger partial charge >= 0.3 is 6.03 Å². The third-order valence-corrected chi connectivity index (χ3v) is 6.28. The number of anilines is 2. The number of hydrogen-bond acceptors (Lipinski definition) is 4. The molecule has 2 amide bonds. The van der Waals surface area contributed by atoms with Crippen LogP contribution in [-0.4, -0.2) is 14.4 Å². The SMILES string of the molecule is NC(=O)Nc1ccc(NS(=O)(=O)c2sccc2Br)cc1. The number of sulfonamides is 1. The Kier molecular flexibility index (Phi) is 4.31. The molecule has 0 aliphatic rings. The molecule has 0 aliphatic carbocycles. The Morgan fingerprint density at radius 3 is 2.25 bits per heavy atom. The van der Waals surface area contributed by atoms with E-state index in [1.807, 2.05) is 0 Å². The molecule has 106 valence electrons. The van der Waals surface area contributed by atoms with Crippen molar-refractivity contribution in [3.05, 3.63) is 40.2 Å². The van der Waals surface area contributed by atoms with Crippen LogP contribution in [0.3, 0.4) is 0 Å². The van der Waals surface area contributed by atoms with Gasteiger partial charge < -0.3 is 11.1 Å². The van der Waals surface area contributed by atoms with Gasteiger partial charge in [-0.3, -0.25) is 4.72 Å². The lowest BCUT2D eigenvalue weighted by Crippen LogP contribution is -2.19. The van der Waals surface area contributed by atoms with Crippen molar-refractivity contribution in [2.24, 2.45) is 5.73 Å². The molecule has 0 saturated carbocycles. The van der Waals surface area contributed by atoms with Crippen molar-refractivity contribution >= 4 is 54.7 Å². The average molecular weight is 376 g/mol. The Hall–Kier alpha value is -1.58. The maximum absolute atomic E-state index is 12.1. The Morgan fingerprint density at radius 1 is 1.15 bits per heavy atom. The molecule has 2 aromatic rings. The minimum Gasteiger partial charge on any atom is -0.351 e. The smallest absolute Gasteiger partial charge is 0.316 e. The van der Waals surface area contributed by atoms with Crippen molar-refractivity contribution in [2.45, 2.75) is 4.21 Å². The van der Waals surface area contributed by atoms with Gasteiger partial charge in [-0.15, -0.1) is 11.3 Å². The summed E-state index contributed by atoms with van der Waals surface area (Å²) in [7, 11) is -3.63. The number of carbonyl (C=O) groups is 1. The summed E-state index contributed by atoms with van der Waals surface area (Å²) in [5, 5.41) is 4.07. The number of urea groups is 1. The summed E-state index contributed by atoms with van der Waals surface area (Å²) in [6, 6.07) is 7.15. The molecule has 0 unspecified atom stereocenters. The molecule has 1 heterocycles. The molecule has 0 saturated heterocycles. The van der Waals surface area contributed by atoms with Crippen LogP contribution in [0.4, 0.5) is 16.2 Å². The van der Waals surface area contributed by atoms with Crippen LogP contribution in [0.15, 0.2) is 44.4 Å². The molecule has 0 aliphatic heterocycles. The molecule has 6 nitrogen and oxygen atoms in total. The molecule has 9 heteroatoms. The molecular weight excluding hydrogens is 366 g/mol. The van der Waals surface area contributed by atoms with Gasteiger partial charge in [-0.25, -0.2) is 13.2 Å². The molecule has 0 fully saturated rings. The maximum atomic E-state index is 12.1. The second-order valence-corrected chi connectivity index (χ2v) is 7.38. The van der Waals surface area contributed by atoms with Crippen molar-refractivity contribution in [3.8, 4) is 0 Å². The Bertz CT molecular complexity index is 726. The quantitative estimate of drug-likeness (QED) is 0.765. The van der Waals surface area contributed by atoms with E-state index in [2.05, 4.69) is 26.0 Å². The lowest BCUT2D eigenvalue weighted by Gasteiger charge is -2.08. The molecule has 1 aromatic carbocycles. The van der Waals surface area contributed by atoms with E-state index in [0.29, 0.717) is 15.8 Å². The lowest BCUT2D eigenvalue weighted by atomic mass is 10.3. The number of carbonyl (C=O) groups excluding carboxylic acids is 1. The van der Waals surface area contributed by atoms with Crippen molar-refractivity contribution in [1.29, 1.82) is 0 Å². The van der Waals surface area contributed by atoms with E-state index in [0.717, 1.165) is 11.3 Å². The number of amides is 2. The lowest BCUT2D eigenvalue weighted by molar-refractivity contribution is 0.259. The van der Waals surface area contributed by atoms with Crippen molar-refractivity contribution in [3.63, 3.8) is 0 Å². The molecule has 1 aromatic heterocycles. The van der Waals surface area contributed by atoms with E-state index < -0.39 is 16.1 Å². The van der Waals surface area contributed by atoms with Gasteiger partial charge in [0.2, 0.25) is 0 Å². The van der Waals surface area contributed by atoms with E-state index in [9.17, 15) is 13.2 Å². The molecule has 0 radical (unpaired) electrons. The van der Waals surface area contributed by atoms with Crippen LogP contribution >= 0.6 is 27.3 Å². The Morgan fingerprint density at radius 2 is 1.75 bits per heavy atom. The van der Waals surface area contributed by atoms with Crippen LogP contribution in [-0.2, 0) is 10.0 Å². The summed E-state index contributed by atoms with van der Waals surface area (Å²) < 4.78 is 27.4. The highest BCUT2D eigenvalue weighted by Gasteiger charge is 2.19. The van der Waals surface area contributed by atoms with Crippen LogP contribution in [0.25, 0.3) is 0 Å². The monoisotopic (exact) mass is 375 g/mol. The third kappa shape index (κ3) is 3.50. The van der Waals surface area contributed by atoms with Gasteiger partial charge in [-0.1, -0.05) is 0 Å². The zero-order chi connectivity index (χ0) is 14.8. The number of nitrogens with one attached hydrogen (secondary N) is 2. The van der Waals surface area contributed by atoms with Gasteiger partial charge in [0.05, 0.1) is 0 Å². The largest absolute Gasteiger partial charge is 0.351 e. The highest BCUT2D eigenvalue weighted by Crippen LogP contribution is 2.29. The van der Waals surface area contributed by atoms with Gasteiger partial charge in [0.25, 0.3) is 10.0 Å². The number of hydrogen-bond donors (Lipinski definition) is 3. The van der Waals surface area contributed by atoms with Crippen LogP contribution < -0.4 is 15.8 Å². The highest BCUT2D eigenvalue weighted by atomic mass is 79.9. The van der Waals surface area contributed by atoms with Crippen LogP contribution in [0.1, 0.15) is 0 Å². The third-order valence-electron chi connectivity index (χ3n) is 2.23. The molecule has 20 heavy (non-hydrogen) atoms. The fourth-order valence-electron chi connectivity index (χ4n) is 1.44. The molecule has 2 rings (SSSR count). The number of rotatable bonds is 4. The second kappa shape index (κ2) is 5.81. The minimum absolute atomic E-state index is 0.205. The molecule has 4 N–H and O–H groups in total. The summed E-state index contributed by atoms with van der Waals surface area (Å²) in [5.41, 5.74) is 5.85. The molecule has 0 bridgehead atoms. The van der Waals surface area contributed by atoms with E-state index >= 15 is 0 Å². The number of nitrogens with two attached hydrogens (primary N) is 1. The van der Waals surface area contributed by atoms with Gasteiger partial charge in [-0.2, -0.15) is 0 Å². The predicted octanol–water partition coefficient (Wildman–Crippen LogP) is 2.80. The van der Waals surface area contributed by atoms with Gasteiger partial charge in [0.15, 0.2) is 4.21 Å². The first-order valence-corrected chi connectivity index (χ1v) is 8.46. The molecule has 0 spiro atoms. The number of halogens is 1. The van der Waals surface area contributed by atoms with Crippen molar-refractivity contribution in [1.82, 2.24) is 0 Å². The first kappa shape index (κ1) is 14.8. The highest BCUT2D eigenvalue weighted by molar-refractivity contribution is 9.10. The van der Waals surface area contributed by atoms with Crippen LogP contribution in [0.2, 0.25) is 0 Å². The van der Waals surface area contributed by atoms with E-state index in [4.69, 9.17) is 5.73 Å². The van der Waals surface area contributed by atoms with Crippen molar-refractivity contribution < 1.29 is 13.2 Å². The summed E-state index contributed by atoms with van der Waals surface area (Å²) in [6.07, 6.45) is 0. The van der Waals surface area contributed by atoms with Crippen LogP contribution in [0, 0.1) is 0 Å². The fourth-order valence-corrected chi connectivity index (χ4v) is 4.83. The average Bonchev–Trinajstić information content (AvgIpc) is 2.78. The number of thiophene rings is 1. The number of primary amides is 1. The summed E-state index contributed by atoms with van der Waals surface area (Å²) >= 11 is 4.30. The van der Waals surface area contributed by atoms with Crippen LogP contribution in [0.5, 0.6) is 0 Å². The zero-order valence-corrected chi connectivity index (χ0v) is 13.2. The van der Waals surface area contributed by atoms with Gasteiger partial charge in [0, 0.05) is 15.8 Å². The van der Waals surface area contributed by atoms with Gasteiger partial charge in [0.1, 0.15) is 0 Å². The standard InChI is InChI=1S/C11H10BrN3O3S2/c12-9-5-6-19-10(9)20(17,18)15-8-3-1-7(2-4-8)14-11(13)16/h1-6,15H,(H3,13,14,16). The van der Waals surface area contributed by atoms with Gasteiger partial charge in [-0.05, 0) is 51.6 Å². The maximum Gasteiger partial charge on any atom is 0.316 e. The second-order valence-electron chi connectivity index (χ2n) is 3.73. The van der Waals surface area contributed by atoms with E-state index in [-0.39, 0.29) is 4.21 Å². The summed E-state index contributed by atoms with van der Waals surface area (Å²) in [4.78, 5) is 10.7.